The number of hydrogen-bond donors (Lipinski definition) is 0. The third kappa shape index (κ3) is 7.51. The van der Waals surface area contributed by atoms with E-state index in [0.29, 0.717) is 26.1 Å². The van der Waals surface area contributed by atoms with E-state index in [0.717, 1.165) is 0 Å². The summed E-state index contributed by atoms with van der Waals surface area (Å²) in [4.78, 5) is 30.6. The van der Waals surface area contributed by atoms with Crippen molar-refractivity contribution in [3.8, 4) is 0 Å². The Morgan fingerprint density at radius 3 is 2.16 bits per heavy atom. The second kappa shape index (κ2) is 8.29. The average Bonchev–Trinajstić information content (AvgIpc) is 2.43. The van der Waals surface area contributed by atoms with Crippen molar-refractivity contribution in [1.29, 1.82) is 0 Å². The van der Waals surface area contributed by atoms with Gasteiger partial charge in [-0.1, -0.05) is 5.11 Å². The molecule has 0 N–H and O–H groups in total. The minimum atomic E-state index is -0.602. The van der Waals surface area contributed by atoms with Crippen LogP contribution in [0.1, 0.15) is 48.0 Å². The zero-order chi connectivity index (χ0) is 19.3. The summed E-state index contributed by atoms with van der Waals surface area (Å²) in [5.74, 6) is 0. The van der Waals surface area contributed by atoms with Crippen molar-refractivity contribution in [3.05, 3.63) is 10.4 Å². The van der Waals surface area contributed by atoms with Crippen LogP contribution < -0.4 is 0 Å². The molecule has 9 heteroatoms. The van der Waals surface area contributed by atoms with E-state index in [1.54, 1.807) is 51.3 Å². The van der Waals surface area contributed by atoms with E-state index < -0.39 is 23.4 Å². The van der Waals surface area contributed by atoms with Crippen LogP contribution in [-0.4, -0.2) is 65.4 Å². The van der Waals surface area contributed by atoms with Gasteiger partial charge in [0.15, 0.2) is 0 Å². The first-order chi connectivity index (χ1) is 11.4. The van der Waals surface area contributed by atoms with Crippen LogP contribution in [0.25, 0.3) is 10.4 Å². The fraction of sp³-hybridized carbons (Fsp3) is 0.875. The predicted octanol–water partition coefficient (Wildman–Crippen LogP) is 3.54. The molecular weight excluding hydrogens is 326 g/mol. The molecule has 2 amide bonds. The number of carbonyl (C=O) groups excluding carboxylic acids is 2. The number of rotatable bonds is 3. The predicted molar refractivity (Wildman–Crippen MR) is 93.2 cm³/mol. The van der Waals surface area contributed by atoms with E-state index in [9.17, 15) is 9.59 Å². The lowest BCUT2D eigenvalue weighted by Gasteiger charge is -2.41. The molecule has 0 aliphatic carbocycles. The molecule has 0 aromatic carbocycles. The van der Waals surface area contributed by atoms with Gasteiger partial charge in [0.1, 0.15) is 11.2 Å². The maximum Gasteiger partial charge on any atom is 0.410 e. The molecule has 1 aliphatic heterocycles. The van der Waals surface area contributed by atoms with Crippen molar-refractivity contribution in [3.63, 3.8) is 0 Å². The largest absolute Gasteiger partial charge is 0.444 e. The van der Waals surface area contributed by atoms with E-state index in [1.165, 1.54) is 0 Å². The SMILES string of the molecule is CC(C)(C)OC(=O)N1CCN(C(=O)OC(C)(C)C)C(CCN=[N+]=[N-])C1. The smallest absolute Gasteiger partial charge is 0.410 e. The average molecular weight is 355 g/mol. The van der Waals surface area contributed by atoms with Crippen LogP contribution in [0.15, 0.2) is 5.11 Å². The third-order valence-electron chi connectivity index (χ3n) is 3.39. The summed E-state index contributed by atoms with van der Waals surface area (Å²) in [6.45, 7) is 12.1. The van der Waals surface area contributed by atoms with Crippen molar-refractivity contribution in [1.82, 2.24) is 9.80 Å². The second-order valence-electron chi connectivity index (χ2n) is 8.00. The Balaban J connectivity index is 2.82. The molecule has 0 aromatic heterocycles. The first-order valence-corrected chi connectivity index (χ1v) is 8.41. The monoisotopic (exact) mass is 355 g/mol. The minimum Gasteiger partial charge on any atom is -0.444 e. The van der Waals surface area contributed by atoms with E-state index in [-0.39, 0.29) is 12.6 Å². The van der Waals surface area contributed by atoms with E-state index >= 15 is 0 Å². The van der Waals surface area contributed by atoms with Crippen molar-refractivity contribution in [2.24, 2.45) is 5.11 Å². The van der Waals surface area contributed by atoms with Gasteiger partial charge in [0.05, 0.1) is 6.04 Å². The zero-order valence-electron chi connectivity index (χ0n) is 16.0. The molecule has 1 fully saturated rings. The van der Waals surface area contributed by atoms with Crippen molar-refractivity contribution in [2.45, 2.75) is 65.2 Å². The van der Waals surface area contributed by atoms with Crippen molar-refractivity contribution < 1.29 is 19.1 Å². The number of amides is 2. The molecule has 1 unspecified atom stereocenters. The highest BCUT2D eigenvalue weighted by Gasteiger charge is 2.35. The topological polar surface area (TPSA) is 108 Å². The summed E-state index contributed by atoms with van der Waals surface area (Å²) in [6.07, 6.45) is -0.393. The van der Waals surface area contributed by atoms with Gasteiger partial charge < -0.3 is 19.3 Å². The fourth-order valence-corrected chi connectivity index (χ4v) is 2.41. The zero-order valence-corrected chi connectivity index (χ0v) is 16.0. The standard InChI is InChI=1S/C16H29N5O4/c1-15(2,3)24-13(22)20-9-10-21(14(23)25-16(4,5)6)12(11-20)7-8-18-19-17/h12H,7-11H2,1-6H3. The molecule has 142 valence electrons. The fourth-order valence-electron chi connectivity index (χ4n) is 2.41. The highest BCUT2D eigenvalue weighted by Crippen LogP contribution is 2.20. The molecule has 0 bridgehead atoms. The van der Waals surface area contributed by atoms with Crippen LogP contribution in [0.3, 0.4) is 0 Å². The summed E-state index contributed by atoms with van der Waals surface area (Å²) in [5, 5.41) is 3.53. The van der Waals surface area contributed by atoms with Crippen LogP contribution in [-0.2, 0) is 9.47 Å². The first kappa shape index (κ1) is 20.9. The number of nitrogens with zero attached hydrogens (tertiary/aromatic N) is 5. The highest BCUT2D eigenvalue weighted by molar-refractivity contribution is 5.71. The molecule has 0 saturated carbocycles. The molecule has 1 rings (SSSR count). The lowest BCUT2D eigenvalue weighted by molar-refractivity contribution is -0.0154. The van der Waals surface area contributed by atoms with Gasteiger partial charge in [-0.05, 0) is 53.5 Å². The van der Waals surface area contributed by atoms with E-state index in [1.807, 2.05) is 0 Å². The van der Waals surface area contributed by atoms with Gasteiger partial charge in [-0.2, -0.15) is 0 Å². The lowest BCUT2D eigenvalue weighted by Crippen LogP contribution is -2.58. The molecule has 1 atom stereocenters. The third-order valence-corrected chi connectivity index (χ3v) is 3.39. The summed E-state index contributed by atoms with van der Waals surface area (Å²) in [7, 11) is 0. The summed E-state index contributed by atoms with van der Waals surface area (Å²) in [6, 6.07) is -0.290. The van der Waals surface area contributed by atoms with Gasteiger partial charge >= 0.3 is 12.2 Å². The molecule has 9 nitrogen and oxygen atoms in total. The number of hydrogen-bond acceptors (Lipinski definition) is 5. The molecule has 1 saturated heterocycles. The van der Waals surface area contributed by atoms with Crippen LogP contribution in [0, 0.1) is 0 Å². The Kier molecular flexibility index (Phi) is 6.93. The number of ether oxygens (including phenoxy) is 2. The highest BCUT2D eigenvalue weighted by atomic mass is 16.6. The molecule has 25 heavy (non-hydrogen) atoms. The van der Waals surface area contributed by atoms with Crippen LogP contribution in [0.4, 0.5) is 9.59 Å². The molecule has 0 aromatic rings. The second-order valence-corrected chi connectivity index (χ2v) is 8.00. The summed E-state index contributed by atoms with van der Waals surface area (Å²) < 4.78 is 10.8. The van der Waals surface area contributed by atoms with Gasteiger partial charge in [-0.15, -0.1) is 0 Å². The van der Waals surface area contributed by atoms with Gasteiger partial charge in [0.25, 0.3) is 0 Å². The Bertz CT molecular complexity index is 532. The van der Waals surface area contributed by atoms with Gasteiger partial charge in [-0.3, -0.25) is 0 Å². The number of azide groups is 1. The van der Waals surface area contributed by atoms with Crippen LogP contribution >= 0.6 is 0 Å². The van der Waals surface area contributed by atoms with E-state index in [4.69, 9.17) is 15.0 Å². The van der Waals surface area contributed by atoms with Gasteiger partial charge in [0, 0.05) is 31.1 Å². The Labute approximate surface area is 148 Å². The lowest BCUT2D eigenvalue weighted by atomic mass is 10.1. The number of carbonyl (C=O) groups is 2. The molecular formula is C16H29N5O4. The molecule has 0 spiro atoms. The summed E-state index contributed by atoms with van der Waals surface area (Å²) >= 11 is 0. The maximum absolute atomic E-state index is 12.4. The maximum atomic E-state index is 12.4. The Morgan fingerprint density at radius 1 is 1.08 bits per heavy atom. The first-order valence-electron chi connectivity index (χ1n) is 8.41. The Hall–Kier alpha value is -2.15. The normalized spacial score (nSPS) is 18.4. The molecule has 0 radical (unpaired) electrons. The van der Waals surface area contributed by atoms with E-state index in [2.05, 4.69) is 10.0 Å². The van der Waals surface area contributed by atoms with Crippen LogP contribution in [0.2, 0.25) is 0 Å². The van der Waals surface area contributed by atoms with Crippen molar-refractivity contribution in [2.75, 3.05) is 26.2 Å². The van der Waals surface area contributed by atoms with Gasteiger partial charge in [0.2, 0.25) is 0 Å². The quantitative estimate of drug-likeness (QED) is 0.438. The molecule has 1 heterocycles. The van der Waals surface area contributed by atoms with Crippen molar-refractivity contribution >= 4 is 12.2 Å². The van der Waals surface area contributed by atoms with Gasteiger partial charge in [-0.25, -0.2) is 9.59 Å². The molecule has 1 aliphatic rings. The summed E-state index contributed by atoms with van der Waals surface area (Å²) in [5.41, 5.74) is 7.27. The minimum absolute atomic E-state index is 0.239. The Morgan fingerprint density at radius 2 is 1.64 bits per heavy atom. The number of piperazine rings is 1. The van der Waals surface area contributed by atoms with Crippen LogP contribution in [0.5, 0.6) is 0 Å².